The zero-order valence-electron chi connectivity index (χ0n) is 14.1. The molecule has 1 aromatic heterocycles. The molecule has 0 aliphatic carbocycles. The number of rotatable bonds is 6. The first-order chi connectivity index (χ1) is 12.2. The predicted octanol–water partition coefficient (Wildman–Crippen LogP) is 3.18. The summed E-state index contributed by atoms with van der Waals surface area (Å²) in [5.41, 5.74) is 3.11. The maximum absolute atomic E-state index is 8.19. The van der Waals surface area contributed by atoms with Gasteiger partial charge in [0.05, 0.1) is 17.2 Å². The van der Waals surface area contributed by atoms with Crippen molar-refractivity contribution in [2.75, 3.05) is 0 Å². The summed E-state index contributed by atoms with van der Waals surface area (Å²) in [7, 11) is 0. The van der Waals surface area contributed by atoms with Crippen LogP contribution in [0.1, 0.15) is 12.6 Å². The lowest BCUT2D eigenvalue weighted by Gasteiger charge is -2.17. The van der Waals surface area contributed by atoms with Gasteiger partial charge in [-0.05, 0) is 30.0 Å². The van der Waals surface area contributed by atoms with Crippen molar-refractivity contribution in [2.45, 2.75) is 6.92 Å². The summed E-state index contributed by atoms with van der Waals surface area (Å²) in [5.74, 6) is 0.674. The largest absolute Gasteiger partial charge is 0.555 e. The second-order valence-corrected chi connectivity index (χ2v) is 5.70. The van der Waals surface area contributed by atoms with Crippen LogP contribution in [0.25, 0.3) is 0 Å². The Hall–Kier alpha value is -3.14. The van der Waals surface area contributed by atoms with Crippen molar-refractivity contribution in [3.05, 3.63) is 103 Å². The van der Waals surface area contributed by atoms with Gasteiger partial charge in [0.25, 0.3) is 0 Å². The van der Waals surface area contributed by atoms with E-state index in [9.17, 15) is 0 Å². The Morgan fingerprint density at radius 2 is 1.44 bits per heavy atom. The van der Waals surface area contributed by atoms with Gasteiger partial charge >= 0.3 is 6.92 Å². The van der Waals surface area contributed by atoms with Crippen molar-refractivity contribution in [2.24, 2.45) is 0 Å². The minimum absolute atomic E-state index is 0.213. The Balaban J connectivity index is 1.85. The molecule has 0 amide bonds. The average Bonchev–Trinajstić information content (AvgIpc) is 2.68. The number of nitrogens with one attached hydrogen (secondary N) is 1. The molecular weight excluding hydrogens is 307 g/mol. The minimum Gasteiger partial charge on any atom is -0.555 e. The Morgan fingerprint density at radius 1 is 0.880 bits per heavy atom. The molecule has 1 N–H and O–H groups in total. The Kier molecular flexibility index (Phi) is 5.42. The van der Waals surface area contributed by atoms with E-state index in [0.29, 0.717) is 17.2 Å². The molecule has 0 saturated heterocycles. The quantitative estimate of drug-likeness (QED) is 0.430. The van der Waals surface area contributed by atoms with Gasteiger partial charge in [-0.2, -0.15) is 0 Å². The Labute approximate surface area is 148 Å². The van der Waals surface area contributed by atoms with Crippen molar-refractivity contribution in [1.29, 1.82) is 5.41 Å². The molecule has 3 rings (SSSR count). The lowest BCUT2D eigenvalue weighted by Crippen LogP contribution is -2.44. The van der Waals surface area contributed by atoms with E-state index < -0.39 is 0 Å². The van der Waals surface area contributed by atoms with Gasteiger partial charge < -0.3 is 4.65 Å². The standard InChI is InChI=1S/C21H19BN2O/c1-17(16-20(23)21-14-8-9-15-24-21)25-22(18-10-4-2-5-11-18)19-12-6-3-7-13-19/h2-16,23H,1H3/b17-16-,23-20?. The van der Waals surface area contributed by atoms with Gasteiger partial charge in [0, 0.05) is 12.3 Å². The third-order valence-corrected chi connectivity index (χ3v) is 3.80. The number of pyridine rings is 1. The molecule has 0 bridgehead atoms. The summed E-state index contributed by atoms with van der Waals surface area (Å²) in [4.78, 5) is 4.20. The van der Waals surface area contributed by atoms with E-state index >= 15 is 0 Å². The second kappa shape index (κ2) is 8.11. The highest BCUT2D eigenvalue weighted by atomic mass is 16.4. The molecule has 0 saturated carbocycles. The van der Waals surface area contributed by atoms with Crippen LogP contribution in [0.15, 0.2) is 96.9 Å². The summed E-state index contributed by atoms with van der Waals surface area (Å²) in [5, 5.41) is 8.19. The van der Waals surface area contributed by atoms with Crippen LogP contribution in [0.2, 0.25) is 0 Å². The van der Waals surface area contributed by atoms with Crippen LogP contribution < -0.4 is 10.9 Å². The fraction of sp³-hybridized carbons (Fsp3) is 0.0476. The fourth-order valence-corrected chi connectivity index (χ4v) is 2.60. The SMILES string of the molecule is C/C(=C/C(=N)c1ccccn1)OB(c1ccccc1)c1ccccc1. The zero-order valence-corrected chi connectivity index (χ0v) is 14.1. The highest BCUT2D eigenvalue weighted by Crippen LogP contribution is 2.05. The first-order valence-corrected chi connectivity index (χ1v) is 8.19. The third-order valence-electron chi connectivity index (χ3n) is 3.80. The molecule has 122 valence electrons. The van der Waals surface area contributed by atoms with Crippen molar-refractivity contribution >= 4 is 23.6 Å². The summed E-state index contributed by atoms with van der Waals surface area (Å²) in [6.45, 7) is 1.66. The molecule has 0 unspecified atom stereocenters. The molecule has 3 aromatic rings. The lowest BCUT2D eigenvalue weighted by atomic mass is 9.55. The number of allylic oxidation sites excluding steroid dienone is 2. The molecular formula is C21H19BN2O. The van der Waals surface area contributed by atoms with Gasteiger partial charge in [-0.3, -0.25) is 10.4 Å². The van der Waals surface area contributed by atoms with Crippen molar-refractivity contribution in [3.63, 3.8) is 0 Å². The lowest BCUT2D eigenvalue weighted by molar-refractivity contribution is 0.453. The molecule has 2 aromatic carbocycles. The van der Waals surface area contributed by atoms with Crippen molar-refractivity contribution in [1.82, 2.24) is 4.98 Å². The van der Waals surface area contributed by atoms with Crippen LogP contribution in [0.3, 0.4) is 0 Å². The van der Waals surface area contributed by atoms with Crippen LogP contribution in [-0.4, -0.2) is 17.6 Å². The van der Waals surface area contributed by atoms with Crippen LogP contribution in [0.5, 0.6) is 0 Å². The predicted molar refractivity (Wildman–Crippen MR) is 104 cm³/mol. The normalized spacial score (nSPS) is 11.0. The van der Waals surface area contributed by atoms with Gasteiger partial charge in [0.15, 0.2) is 0 Å². The topological polar surface area (TPSA) is 46.0 Å². The Bertz CT molecular complexity index is 809. The Morgan fingerprint density at radius 3 is 1.96 bits per heavy atom. The summed E-state index contributed by atoms with van der Waals surface area (Å²) < 4.78 is 6.21. The molecule has 0 fully saturated rings. The molecule has 4 heteroatoms. The molecule has 0 radical (unpaired) electrons. The molecule has 0 spiro atoms. The van der Waals surface area contributed by atoms with Crippen LogP contribution >= 0.6 is 0 Å². The molecule has 3 nitrogen and oxygen atoms in total. The number of benzene rings is 2. The summed E-state index contributed by atoms with van der Waals surface area (Å²) in [6.07, 6.45) is 3.39. The van der Waals surface area contributed by atoms with Gasteiger partial charge in [-0.15, -0.1) is 0 Å². The number of nitrogens with zero attached hydrogens (tertiary/aromatic N) is 1. The minimum atomic E-state index is -0.213. The van der Waals surface area contributed by atoms with Gasteiger partial charge in [0.1, 0.15) is 0 Å². The number of aromatic nitrogens is 1. The summed E-state index contributed by atoms with van der Waals surface area (Å²) >= 11 is 0. The van der Waals surface area contributed by atoms with E-state index in [0.717, 1.165) is 10.9 Å². The van der Waals surface area contributed by atoms with E-state index in [4.69, 9.17) is 10.1 Å². The van der Waals surface area contributed by atoms with E-state index in [1.165, 1.54) is 0 Å². The molecule has 0 aliphatic rings. The van der Waals surface area contributed by atoms with E-state index in [1.54, 1.807) is 12.3 Å². The van der Waals surface area contributed by atoms with Crippen LogP contribution in [0, 0.1) is 5.41 Å². The van der Waals surface area contributed by atoms with Gasteiger partial charge in [-0.1, -0.05) is 66.7 Å². The molecule has 1 heterocycles. The van der Waals surface area contributed by atoms with Gasteiger partial charge in [0.2, 0.25) is 0 Å². The third kappa shape index (κ3) is 4.45. The monoisotopic (exact) mass is 326 g/mol. The molecule has 25 heavy (non-hydrogen) atoms. The maximum atomic E-state index is 8.19. The number of hydrogen-bond donors (Lipinski definition) is 1. The maximum Gasteiger partial charge on any atom is 0.426 e. The van der Waals surface area contributed by atoms with E-state index in [-0.39, 0.29) is 6.92 Å². The van der Waals surface area contributed by atoms with E-state index in [2.05, 4.69) is 29.2 Å². The molecule has 0 atom stereocenters. The smallest absolute Gasteiger partial charge is 0.426 e. The fourth-order valence-electron chi connectivity index (χ4n) is 2.60. The highest BCUT2D eigenvalue weighted by molar-refractivity contribution is 6.80. The van der Waals surface area contributed by atoms with Crippen LogP contribution in [0.4, 0.5) is 0 Å². The van der Waals surface area contributed by atoms with Crippen molar-refractivity contribution in [3.8, 4) is 0 Å². The first-order valence-electron chi connectivity index (χ1n) is 8.19. The molecule has 0 aliphatic heterocycles. The summed E-state index contributed by atoms with van der Waals surface area (Å²) in [6, 6.07) is 25.7. The van der Waals surface area contributed by atoms with E-state index in [1.807, 2.05) is 61.5 Å². The average molecular weight is 326 g/mol. The second-order valence-electron chi connectivity index (χ2n) is 5.70. The van der Waals surface area contributed by atoms with Gasteiger partial charge in [-0.25, -0.2) is 0 Å². The zero-order chi connectivity index (χ0) is 17.5. The van der Waals surface area contributed by atoms with Crippen molar-refractivity contribution < 1.29 is 4.65 Å². The van der Waals surface area contributed by atoms with Crippen LogP contribution in [-0.2, 0) is 4.65 Å². The highest BCUT2D eigenvalue weighted by Gasteiger charge is 2.23. The first kappa shape index (κ1) is 16.7. The number of hydrogen-bond acceptors (Lipinski definition) is 3.